The number of benzene rings is 2. The van der Waals surface area contributed by atoms with Crippen molar-refractivity contribution in [3.05, 3.63) is 108 Å². The molecule has 0 saturated carbocycles. The molecule has 0 bridgehead atoms. The predicted molar refractivity (Wildman–Crippen MR) is 152 cm³/mol. The first kappa shape index (κ1) is 25.3. The van der Waals surface area contributed by atoms with Gasteiger partial charge in [-0.2, -0.15) is 0 Å². The van der Waals surface area contributed by atoms with Crippen molar-refractivity contribution in [1.82, 2.24) is 4.90 Å². The highest BCUT2D eigenvalue weighted by atomic mass is 15.2. The fourth-order valence-corrected chi connectivity index (χ4v) is 6.19. The molecule has 2 aromatic carbocycles. The molecule has 2 aromatic rings. The van der Waals surface area contributed by atoms with E-state index in [2.05, 4.69) is 113 Å². The van der Waals surface area contributed by atoms with Crippen molar-refractivity contribution in [2.24, 2.45) is 11.7 Å². The van der Waals surface area contributed by atoms with Gasteiger partial charge >= 0.3 is 0 Å². The summed E-state index contributed by atoms with van der Waals surface area (Å²) in [5.41, 5.74) is 15.5. The Morgan fingerprint density at radius 2 is 1.74 bits per heavy atom. The van der Waals surface area contributed by atoms with Crippen molar-refractivity contribution < 1.29 is 0 Å². The van der Waals surface area contributed by atoms with E-state index in [4.69, 9.17) is 5.73 Å². The summed E-state index contributed by atoms with van der Waals surface area (Å²) in [5.74, 6) is 0.422. The summed E-state index contributed by atoms with van der Waals surface area (Å²) in [4.78, 5) is 2.51. The standard InChI is InChI=1S/C33H42N2/c1-7-21-32(6,29-12-10-9-11-13-29)25(5)35-22-20-31-28(23-35)18-19-30(33(31,34)8-2)27-16-14-26(15-17-27)24(3)4/h9-17,19-20,28H,3,5,7-8,18,21-23,34H2,1-2,4,6H3. The molecule has 3 atom stereocenters. The van der Waals surface area contributed by atoms with Crippen LogP contribution < -0.4 is 5.73 Å². The minimum atomic E-state index is -0.423. The second-order valence-corrected chi connectivity index (χ2v) is 10.7. The van der Waals surface area contributed by atoms with E-state index in [1.807, 2.05) is 0 Å². The Kier molecular flexibility index (Phi) is 7.24. The molecule has 2 aliphatic rings. The van der Waals surface area contributed by atoms with E-state index in [-0.39, 0.29) is 5.41 Å². The molecule has 0 fully saturated rings. The molecule has 0 spiro atoms. The van der Waals surface area contributed by atoms with Crippen molar-refractivity contribution in [1.29, 1.82) is 0 Å². The van der Waals surface area contributed by atoms with Gasteiger partial charge in [-0.1, -0.05) is 113 Å². The van der Waals surface area contributed by atoms with E-state index in [0.29, 0.717) is 5.92 Å². The monoisotopic (exact) mass is 466 g/mol. The lowest BCUT2D eigenvalue weighted by Gasteiger charge is -2.48. The van der Waals surface area contributed by atoms with Crippen molar-refractivity contribution in [3.8, 4) is 0 Å². The quantitative estimate of drug-likeness (QED) is 0.403. The van der Waals surface area contributed by atoms with E-state index >= 15 is 0 Å². The first-order valence-corrected chi connectivity index (χ1v) is 13.2. The van der Waals surface area contributed by atoms with Gasteiger partial charge in [0.1, 0.15) is 0 Å². The third-order valence-corrected chi connectivity index (χ3v) is 8.44. The maximum absolute atomic E-state index is 7.24. The van der Waals surface area contributed by atoms with Crippen LogP contribution in [0.3, 0.4) is 0 Å². The molecule has 3 unspecified atom stereocenters. The van der Waals surface area contributed by atoms with E-state index in [0.717, 1.165) is 44.3 Å². The van der Waals surface area contributed by atoms with Gasteiger partial charge < -0.3 is 10.6 Å². The molecule has 0 saturated heterocycles. The number of allylic oxidation sites excluding steroid dienone is 3. The number of rotatable bonds is 8. The Morgan fingerprint density at radius 1 is 1.06 bits per heavy atom. The summed E-state index contributed by atoms with van der Waals surface area (Å²) in [7, 11) is 0. The summed E-state index contributed by atoms with van der Waals surface area (Å²) >= 11 is 0. The maximum atomic E-state index is 7.24. The Morgan fingerprint density at radius 3 is 2.34 bits per heavy atom. The normalized spacial score (nSPS) is 23.6. The van der Waals surface area contributed by atoms with Crippen LogP contribution in [0.25, 0.3) is 11.1 Å². The topological polar surface area (TPSA) is 29.3 Å². The Hall–Kier alpha value is -2.84. The highest BCUT2D eigenvalue weighted by Crippen LogP contribution is 2.46. The van der Waals surface area contributed by atoms with Gasteiger partial charge in [-0.3, -0.25) is 0 Å². The van der Waals surface area contributed by atoms with Gasteiger partial charge in [0, 0.05) is 30.1 Å². The SMILES string of the molecule is C=C(C)c1ccc(C2=CCC3CN(C(=C)C(C)(CCC)c4ccccc4)CC=C3C2(N)CC)cc1. The molecule has 1 aliphatic carbocycles. The Balaban J connectivity index is 1.61. The van der Waals surface area contributed by atoms with Crippen molar-refractivity contribution in [2.45, 2.75) is 64.3 Å². The van der Waals surface area contributed by atoms with Crippen molar-refractivity contribution in [3.63, 3.8) is 0 Å². The van der Waals surface area contributed by atoms with Crippen LogP contribution >= 0.6 is 0 Å². The molecule has 0 radical (unpaired) electrons. The van der Waals surface area contributed by atoms with Crippen LogP contribution in [0.5, 0.6) is 0 Å². The van der Waals surface area contributed by atoms with E-state index < -0.39 is 5.54 Å². The zero-order valence-corrected chi connectivity index (χ0v) is 22.1. The lowest BCUT2D eigenvalue weighted by molar-refractivity contribution is 0.248. The van der Waals surface area contributed by atoms with E-state index in [1.165, 1.54) is 33.5 Å². The molecule has 0 aromatic heterocycles. The zero-order valence-electron chi connectivity index (χ0n) is 22.1. The second kappa shape index (κ2) is 10.0. The third-order valence-electron chi connectivity index (χ3n) is 8.44. The third kappa shape index (κ3) is 4.57. The maximum Gasteiger partial charge on any atom is 0.0629 e. The largest absolute Gasteiger partial charge is 0.370 e. The highest BCUT2D eigenvalue weighted by molar-refractivity contribution is 5.79. The van der Waals surface area contributed by atoms with Crippen LogP contribution in [0, 0.1) is 5.92 Å². The van der Waals surface area contributed by atoms with Crippen molar-refractivity contribution >= 4 is 11.1 Å². The first-order valence-electron chi connectivity index (χ1n) is 13.2. The van der Waals surface area contributed by atoms with E-state index in [9.17, 15) is 0 Å². The Labute approximate surface area is 212 Å². The van der Waals surface area contributed by atoms with Crippen LogP contribution in [0.15, 0.2) is 91.2 Å². The van der Waals surface area contributed by atoms with Gasteiger partial charge in [0.2, 0.25) is 0 Å². The first-order chi connectivity index (χ1) is 16.7. The lowest BCUT2D eigenvalue weighted by atomic mass is 9.66. The molecule has 2 N–H and O–H groups in total. The summed E-state index contributed by atoms with van der Waals surface area (Å²) < 4.78 is 0. The number of nitrogens with two attached hydrogens (primary N) is 1. The molecule has 4 rings (SSSR count). The second-order valence-electron chi connectivity index (χ2n) is 10.7. The highest BCUT2D eigenvalue weighted by Gasteiger charge is 2.43. The van der Waals surface area contributed by atoms with Crippen molar-refractivity contribution in [2.75, 3.05) is 13.1 Å². The summed E-state index contributed by atoms with van der Waals surface area (Å²) in [6, 6.07) is 19.6. The van der Waals surface area contributed by atoms with Gasteiger partial charge in [-0.05, 0) is 54.0 Å². The molecule has 0 amide bonds. The van der Waals surface area contributed by atoms with Gasteiger partial charge in [0.15, 0.2) is 0 Å². The zero-order chi connectivity index (χ0) is 25.2. The van der Waals surface area contributed by atoms with Gasteiger partial charge in [0.05, 0.1) is 5.54 Å². The summed E-state index contributed by atoms with van der Waals surface area (Å²) in [5, 5.41) is 0. The molecule has 184 valence electrons. The number of hydrogen-bond acceptors (Lipinski definition) is 2. The predicted octanol–water partition coefficient (Wildman–Crippen LogP) is 7.74. The summed E-state index contributed by atoms with van der Waals surface area (Å²) in [6.45, 7) is 19.5. The molecule has 1 heterocycles. The van der Waals surface area contributed by atoms with Crippen LogP contribution in [0.4, 0.5) is 0 Å². The molecule has 2 nitrogen and oxygen atoms in total. The molecule has 35 heavy (non-hydrogen) atoms. The fourth-order valence-electron chi connectivity index (χ4n) is 6.19. The Bertz CT molecular complexity index is 1140. The fraction of sp³-hybridized carbons (Fsp3) is 0.394. The summed E-state index contributed by atoms with van der Waals surface area (Å²) in [6.07, 6.45) is 8.93. The molecule has 2 heteroatoms. The lowest BCUT2D eigenvalue weighted by Crippen LogP contribution is -2.51. The van der Waals surface area contributed by atoms with Crippen LogP contribution in [-0.4, -0.2) is 23.5 Å². The van der Waals surface area contributed by atoms with Crippen LogP contribution in [-0.2, 0) is 5.41 Å². The smallest absolute Gasteiger partial charge is 0.0629 e. The van der Waals surface area contributed by atoms with Crippen LogP contribution in [0.1, 0.15) is 70.1 Å². The molecular formula is C33H42N2. The minimum Gasteiger partial charge on any atom is -0.370 e. The van der Waals surface area contributed by atoms with Gasteiger partial charge in [-0.25, -0.2) is 0 Å². The van der Waals surface area contributed by atoms with E-state index in [1.54, 1.807) is 0 Å². The number of nitrogens with zero attached hydrogens (tertiary/aromatic N) is 1. The van der Waals surface area contributed by atoms with Crippen LogP contribution in [0.2, 0.25) is 0 Å². The van der Waals surface area contributed by atoms with Gasteiger partial charge in [-0.15, -0.1) is 0 Å². The molecule has 1 aliphatic heterocycles. The minimum absolute atomic E-state index is 0.0629. The number of fused-ring (bicyclic) bond motifs is 1. The number of hydrogen-bond donors (Lipinski definition) is 1. The average Bonchev–Trinajstić information content (AvgIpc) is 2.89. The molecular weight excluding hydrogens is 424 g/mol. The van der Waals surface area contributed by atoms with Gasteiger partial charge in [0.25, 0.3) is 0 Å². The average molecular weight is 467 g/mol.